The van der Waals surface area contributed by atoms with E-state index in [1.165, 1.54) is 18.2 Å². The lowest BCUT2D eigenvalue weighted by molar-refractivity contribution is -0.122. The summed E-state index contributed by atoms with van der Waals surface area (Å²) in [6.07, 6.45) is 0.605. The highest BCUT2D eigenvalue weighted by Crippen LogP contribution is 2.30. The van der Waals surface area contributed by atoms with Crippen molar-refractivity contribution in [2.45, 2.75) is 25.4 Å². The second kappa shape index (κ2) is 8.38. The molecule has 2 aliphatic rings. The van der Waals surface area contributed by atoms with Gasteiger partial charge in [0.25, 0.3) is 11.8 Å². The molecule has 0 radical (unpaired) electrons. The van der Waals surface area contributed by atoms with E-state index < -0.39 is 17.8 Å². The lowest BCUT2D eigenvalue weighted by atomic mass is 10.0. The molecular formula is C25H20FN3O4. The number of nitrogens with one attached hydrogen (secondary N) is 3. The summed E-state index contributed by atoms with van der Waals surface area (Å²) in [7, 11) is 0. The fourth-order valence-corrected chi connectivity index (χ4v) is 3.98. The number of carbonyl (C=O) groups is 3. The number of para-hydroxylation sites is 1. The number of anilines is 3. The summed E-state index contributed by atoms with van der Waals surface area (Å²) in [5.74, 6) is -0.950. The number of rotatable bonds is 4. The lowest BCUT2D eigenvalue weighted by Gasteiger charge is -2.18. The van der Waals surface area contributed by atoms with E-state index in [0.717, 1.165) is 11.1 Å². The van der Waals surface area contributed by atoms with E-state index in [9.17, 15) is 18.8 Å². The molecule has 0 saturated heterocycles. The molecule has 0 fully saturated rings. The van der Waals surface area contributed by atoms with Crippen LogP contribution in [-0.4, -0.2) is 23.8 Å². The second-order valence-electron chi connectivity index (χ2n) is 7.98. The molecule has 1 unspecified atom stereocenters. The first kappa shape index (κ1) is 20.7. The Hall–Kier alpha value is -4.20. The second-order valence-corrected chi connectivity index (χ2v) is 7.98. The van der Waals surface area contributed by atoms with Gasteiger partial charge in [0.05, 0.1) is 5.69 Å². The molecule has 1 atom stereocenters. The van der Waals surface area contributed by atoms with Crippen LogP contribution in [-0.2, 0) is 22.4 Å². The SMILES string of the molecule is O=C1CCc2cc(NC(=O)c3cccc(NC(=O)C4Cc5ccccc5O4)c3)c(F)cc2N1. The minimum Gasteiger partial charge on any atom is -0.480 e. The van der Waals surface area contributed by atoms with Crippen LogP contribution in [0.3, 0.4) is 0 Å². The molecule has 2 heterocycles. The molecule has 0 aliphatic carbocycles. The average Bonchev–Trinajstić information content (AvgIpc) is 3.24. The standard InChI is InChI=1S/C25H20FN3O4/c26-18-13-19-14(8-9-23(30)28-19)11-20(18)29-24(31)16-5-3-6-17(10-16)27-25(32)22-12-15-4-1-2-7-21(15)33-22/h1-7,10-11,13,22H,8-9,12H2,(H,27,32)(H,28,30)(H,29,31). The number of hydrogen-bond donors (Lipinski definition) is 3. The Labute approximate surface area is 189 Å². The highest BCUT2D eigenvalue weighted by Gasteiger charge is 2.29. The zero-order chi connectivity index (χ0) is 22.9. The summed E-state index contributed by atoms with van der Waals surface area (Å²) in [5.41, 5.74) is 2.86. The van der Waals surface area contributed by atoms with Gasteiger partial charge in [0, 0.05) is 29.8 Å². The van der Waals surface area contributed by atoms with Crippen LogP contribution in [0, 0.1) is 5.82 Å². The van der Waals surface area contributed by atoms with Crippen LogP contribution in [0.4, 0.5) is 21.5 Å². The molecule has 2 aliphatic heterocycles. The van der Waals surface area contributed by atoms with Crippen LogP contribution in [0.1, 0.15) is 27.9 Å². The third-order valence-electron chi connectivity index (χ3n) is 5.67. The Balaban J connectivity index is 1.27. The van der Waals surface area contributed by atoms with Gasteiger partial charge in [-0.05, 0) is 53.9 Å². The highest BCUT2D eigenvalue weighted by molar-refractivity contribution is 6.06. The van der Waals surface area contributed by atoms with Crippen molar-refractivity contribution in [2.24, 2.45) is 0 Å². The first-order valence-corrected chi connectivity index (χ1v) is 10.6. The average molecular weight is 445 g/mol. The van der Waals surface area contributed by atoms with E-state index in [4.69, 9.17) is 4.74 Å². The monoisotopic (exact) mass is 445 g/mol. The van der Waals surface area contributed by atoms with Crippen molar-refractivity contribution < 1.29 is 23.5 Å². The number of halogens is 1. The van der Waals surface area contributed by atoms with Gasteiger partial charge in [0.15, 0.2) is 6.10 Å². The molecule has 0 saturated carbocycles. The maximum Gasteiger partial charge on any atom is 0.265 e. The first-order valence-electron chi connectivity index (χ1n) is 10.6. The van der Waals surface area contributed by atoms with Crippen LogP contribution < -0.4 is 20.7 Å². The van der Waals surface area contributed by atoms with Crippen molar-refractivity contribution in [2.75, 3.05) is 16.0 Å². The molecule has 3 aromatic rings. The maximum atomic E-state index is 14.5. The van der Waals surface area contributed by atoms with E-state index in [-0.39, 0.29) is 23.1 Å². The quantitative estimate of drug-likeness (QED) is 0.567. The van der Waals surface area contributed by atoms with E-state index in [2.05, 4.69) is 16.0 Å². The van der Waals surface area contributed by atoms with Gasteiger partial charge < -0.3 is 20.7 Å². The molecule has 166 valence electrons. The summed E-state index contributed by atoms with van der Waals surface area (Å²) in [4.78, 5) is 36.9. The molecule has 3 amide bonds. The Kier molecular flexibility index (Phi) is 5.26. The third kappa shape index (κ3) is 4.27. The number of aryl methyl sites for hydroxylation is 1. The number of carbonyl (C=O) groups excluding carboxylic acids is 3. The number of fused-ring (bicyclic) bond motifs is 2. The Bertz CT molecular complexity index is 1270. The maximum absolute atomic E-state index is 14.5. The van der Waals surface area contributed by atoms with E-state index >= 15 is 0 Å². The molecule has 0 spiro atoms. The van der Waals surface area contributed by atoms with Crippen molar-refractivity contribution in [3.63, 3.8) is 0 Å². The number of benzene rings is 3. The topological polar surface area (TPSA) is 96.5 Å². The fourth-order valence-electron chi connectivity index (χ4n) is 3.98. The van der Waals surface area contributed by atoms with Crippen molar-refractivity contribution in [3.05, 3.63) is 83.2 Å². The predicted octanol–water partition coefficient (Wildman–Crippen LogP) is 3.90. The van der Waals surface area contributed by atoms with Crippen molar-refractivity contribution >= 4 is 34.8 Å². The van der Waals surface area contributed by atoms with Crippen molar-refractivity contribution in [3.8, 4) is 5.75 Å². The Morgan fingerprint density at radius 2 is 1.82 bits per heavy atom. The number of amides is 3. The zero-order valence-electron chi connectivity index (χ0n) is 17.5. The van der Waals surface area contributed by atoms with E-state index in [1.54, 1.807) is 18.2 Å². The molecule has 3 N–H and O–H groups in total. The first-order chi connectivity index (χ1) is 16.0. The van der Waals surface area contributed by atoms with Gasteiger partial charge in [-0.25, -0.2) is 4.39 Å². The van der Waals surface area contributed by atoms with Gasteiger partial charge in [-0.3, -0.25) is 14.4 Å². The smallest absolute Gasteiger partial charge is 0.265 e. The van der Waals surface area contributed by atoms with Crippen molar-refractivity contribution in [1.29, 1.82) is 0 Å². The summed E-state index contributed by atoms with van der Waals surface area (Å²) in [6, 6.07) is 16.6. The van der Waals surface area contributed by atoms with Crippen LogP contribution in [0.25, 0.3) is 0 Å². The van der Waals surface area contributed by atoms with Gasteiger partial charge in [-0.15, -0.1) is 0 Å². The normalized spacial score (nSPS) is 16.2. The van der Waals surface area contributed by atoms with Gasteiger partial charge in [-0.1, -0.05) is 24.3 Å². The summed E-state index contributed by atoms with van der Waals surface area (Å²) >= 11 is 0. The fraction of sp³-hybridized carbons (Fsp3) is 0.160. The van der Waals surface area contributed by atoms with E-state index in [0.29, 0.717) is 36.4 Å². The molecule has 8 heteroatoms. The third-order valence-corrected chi connectivity index (χ3v) is 5.67. The number of hydrogen-bond acceptors (Lipinski definition) is 4. The highest BCUT2D eigenvalue weighted by atomic mass is 19.1. The molecule has 33 heavy (non-hydrogen) atoms. The number of ether oxygens (including phenoxy) is 1. The van der Waals surface area contributed by atoms with Gasteiger partial charge in [0.1, 0.15) is 11.6 Å². The minimum atomic E-state index is -0.648. The molecule has 5 rings (SSSR count). The largest absolute Gasteiger partial charge is 0.480 e. The van der Waals surface area contributed by atoms with Crippen LogP contribution in [0.15, 0.2) is 60.7 Å². The minimum absolute atomic E-state index is 0.0291. The van der Waals surface area contributed by atoms with Crippen LogP contribution in [0.2, 0.25) is 0 Å². The van der Waals surface area contributed by atoms with Gasteiger partial charge in [-0.2, -0.15) is 0 Å². The Morgan fingerprint density at radius 1 is 0.970 bits per heavy atom. The van der Waals surface area contributed by atoms with Crippen LogP contribution in [0.5, 0.6) is 5.75 Å². The molecule has 0 aromatic heterocycles. The zero-order valence-corrected chi connectivity index (χ0v) is 17.5. The molecule has 3 aromatic carbocycles. The Morgan fingerprint density at radius 3 is 2.67 bits per heavy atom. The predicted molar refractivity (Wildman–Crippen MR) is 121 cm³/mol. The van der Waals surface area contributed by atoms with Gasteiger partial charge in [0.2, 0.25) is 5.91 Å². The summed E-state index contributed by atoms with van der Waals surface area (Å²) in [6.45, 7) is 0. The molecular weight excluding hydrogens is 425 g/mol. The van der Waals surface area contributed by atoms with Crippen LogP contribution >= 0.6 is 0 Å². The lowest BCUT2D eigenvalue weighted by Crippen LogP contribution is -2.31. The van der Waals surface area contributed by atoms with Crippen molar-refractivity contribution in [1.82, 2.24) is 0 Å². The molecule has 0 bridgehead atoms. The summed E-state index contributed by atoms with van der Waals surface area (Å²) in [5, 5.41) is 7.97. The summed E-state index contributed by atoms with van der Waals surface area (Å²) < 4.78 is 20.2. The van der Waals surface area contributed by atoms with E-state index in [1.807, 2.05) is 24.3 Å². The van der Waals surface area contributed by atoms with Gasteiger partial charge >= 0.3 is 0 Å². The molecule has 7 nitrogen and oxygen atoms in total.